The number of likely N-dealkylation sites (N-methyl/N-ethyl adjacent to an activating group) is 1. The van der Waals surface area contributed by atoms with Crippen LogP contribution in [0.2, 0.25) is 0 Å². The van der Waals surface area contributed by atoms with Crippen molar-refractivity contribution in [2.24, 2.45) is 11.8 Å². The number of hydrogen-bond acceptors (Lipinski definition) is 2. The average molecular weight is 226 g/mol. The summed E-state index contributed by atoms with van der Waals surface area (Å²) in [6, 6.07) is 0. The van der Waals surface area contributed by atoms with Crippen molar-refractivity contribution in [3.63, 3.8) is 0 Å². The molecule has 2 heteroatoms. The van der Waals surface area contributed by atoms with Gasteiger partial charge in [0.1, 0.15) is 0 Å². The van der Waals surface area contributed by atoms with Crippen LogP contribution in [0.25, 0.3) is 0 Å². The minimum atomic E-state index is 0.965. The Morgan fingerprint density at radius 2 is 1.81 bits per heavy atom. The van der Waals surface area contributed by atoms with E-state index < -0.39 is 0 Å². The van der Waals surface area contributed by atoms with Gasteiger partial charge in [-0.05, 0) is 44.7 Å². The summed E-state index contributed by atoms with van der Waals surface area (Å²) in [6.45, 7) is 9.43. The van der Waals surface area contributed by atoms with E-state index in [1.807, 2.05) is 0 Å². The number of rotatable bonds is 7. The Morgan fingerprint density at radius 3 is 2.44 bits per heavy atom. The van der Waals surface area contributed by atoms with Gasteiger partial charge in [-0.15, -0.1) is 0 Å². The molecule has 1 N–H and O–H groups in total. The van der Waals surface area contributed by atoms with Crippen LogP contribution >= 0.6 is 0 Å². The second kappa shape index (κ2) is 8.08. The standard InChI is InChI=1S/C14H30N2/c1-4-9-15-10-11-16(3)12-14-7-5-13(2)6-8-14/h13-15H,4-12H2,1-3H3. The smallest absolute Gasteiger partial charge is 0.0104 e. The molecule has 0 spiro atoms. The van der Waals surface area contributed by atoms with Gasteiger partial charge in [-0.1, -0.05) is 26.7 Å². The van der Waals surface area contributed by atoms with Gasteiger partial charge < -0.3 is 10.2 Å². The average Bonchev–Trinajstić information content (AvgIpc) is 2.28. The van der Waals surface area contributed by atoms with E-state index in [1.165, 1.54) is 45.2 Å². The lowest BCUT2D eigenvalue weighted by Crippen LogP contribution is -2.34. The second-order valence-corrected chi connectivity index (χ2v) is 5.64. The van der Waals surface area contributed by atoms with E-state index in [1.54, 1.807) is 0 Å². The maximum Gasteiger partial charge on any atom is 0.0104 e. The summed E-state index contributed by atoms with van der Waals surface area (Å²) in [4.78, 5) is 2.50. The summed E-state index contributed by atoms with van der Waals surface area (Å²) in [7, 11) is 2.27. The molecule has 0 aromatic rings. The maximum absolute atomic E-state index is 3.47. The van der Waals surface area contributed by atoms with Crippen LogP contribution in [0.15, 0.2) is 0 Å². The molecule has 16 heavy (non-hydrogen) atoms. The largest absolute Gasteiger partial charge is 0.315 e. The van der Waals surface area contributed by atoms with E-state index in [2.05, 4.69) is 31.1 Å². The zero-order valence-electron chi connectivity index (χ0n) is 11.5. The van der Waals surface area contributed by atoms with Crippen molar-refractivity contribution >= 4 is 0 Å². The minimum Gasteiger partial charge on any atom is -0.315 e. The molecule has 1 aliphatic carbocycles. The molecule has 1 fully saturated rings. The van der Waals surface area contributed by atoms with Crippen molar-refractivity contribution in [3.8, 4) is 0 Å². The SMILES string of the molecule is CCCNCCN(C)CC1CCC(C)CC1. The molecular formula is C14H30N2. The molecule has 0 amide bonds. The lowest BCUT2D eigenvalue weighted by atomic mass is 9.83. The summed E-state index contributed by atoms with van der Waals surface area (Å²) in [6.07, 6.45) is 7.05. The van der Waals surface area contributed by atoms with E-state index in [-0.39, 0.29) is 0 Å². The zero-order valence-corrected chi connectivity index (χ0v) is 11.5. The number of nitrogens with one attached hydrogen (secondary N) is 1. The molecule has 1 rings (SSSR count). The first-order chi connectivity index (χ1) is 7.72. The Balaban J connectivity index is 2.02. The van der Waals surface area contributed by atoms with Crippen molar-refractivity contribution in [1.82, 2.24) is 10.2 Å². The maximum atomic E-state index is 3.47. The molecule has 96 valence electrons. The summed E-state index contributed by atoms with van der Waals surface area (Å²) in [5.41, 5.74) is 0. The molecule has 0 heterocycles. The third-order valence-electron chi connectivity index (χ3n) is 3.80. The lowest BCUT2D eigenvalue weighted by molar-refractivity contribution is 0.210. The van der Waals surface area contributed by atoms with Gasteiger partial charge in [0.2, 0.25) is 0 Å². The van der Waals surface area contributed by atoms with E-state index >= 15 is 0 Å². The molecule has 0 unspecified atom stereocenters. The van der Waals surface area contributed by atoms with Crippen molar-refractivity contribution in [2.75, 3.05) is 33.2 Å². The predicted molar refractivity (Wildman–Crippen MR) is 71.8 cm³/mol. The normalized spacial score (nSPS) is 26.2. The van der Waals surface area contributed by atoms with Crippen LogP contribution in [0.3, 0.4) is 0 Å². The minimum absolute atomic E-state index is 0.965. The highest BCUT2D eigenvalue weighted by Gasteiger charge is 2.18. The van der Waals surface area contributed by atoms with Crippen molar-refractivity contribution < 1.29 is 0 Å². The summed E-state index contributed by atoms with van der Waals surface area (Å²) >= 11 is 0. The van der Waals surface area contributed by atoms with Crippen LogP contribution in [0.4, 0.5) is 0 Å². The molecule has 1 aliphatic rings. The summed E-state index contributed by atoms with van der Waals surface area (Å²) in [5, 5.41) is 3.47. The highest BCUT2D eigenvalue weighted by Crippen LogP contribution is 2.28. The van der Waals surface area contributed by atoms with E-state index in [9.17, 15) is 0 Å². The monoisotopic (exact) mass is 226 g/mol. The van der Waals surface area contributed by atoms with Crippen LogP contribution in [-0.4, -0.2) is 38.1 Å². The molecule has 0 atom stereocenters. The lowest BCUT2D eigenvalue weighted by Gasteiger charge is -2.29. The molecule has 0 aromatic carbocycles. The highest BCUT2D eigenvalue weighted by molar-refractivity contribution is 4.72. The predicted octanol–water partition coefficient (Wildman–Crippen LogP) is 2.74. The van der Waals surface area contributed by atoms with Gasteiger partial charge in [0, 0.05) is 19.6 Å². The highest BCUT2D eigenvalue weighted by atomic mass is 15.1. The fraction of sp³-hybridized carbons (Fsp3) is 1.00. The third kappa shape index (κ3) is 5.86. The van der Waals surface area contributed by atoms with Crippen LogP contribution in [-0.2, 0) is 0 Å². The molecule has 1 saturated carbocycles. The molecular weight excluding hydrogens is 196 g/mol. The fourth-order valence-corrected chi connectivity index (χ4v) is 2.62. The molecule has 0 radical (unpaired) electrons. The van der Waals surface area contributed by atoms with Crippen LogP contribution in [0.1, 0.15) is 46.0 Å². The molecule has 0 aliphatic heterocycles. The molecule has 0 saturated heterocycles. The molecule has 2 nitrogen and oxygen atoms in total. The van der Waals surface area contributed by atoms with Crippen LogP contribution in [0.5, 0.6) is 0 Å². The van der Waals surface area contributed by atoms with Crippen LogP contribution < -0.4 is 5.32 Å². The van der Waals surface area contributed by atoms with Crippen molar-refractivity contribution in [1.29, 1.82) is 0 Å². The van der Waals surface area contributed by atoms with Crippen molar-refractivity contribution in [3.05, 3.63) is 0 Å². The topological polar surface area (TPSA) is 15.3 Å². The van der Waals surface area contributed by atoms with Gasteiger partial charge in [-0.2, -0.15) is 0 Å². The molecule has 0 bridgehead atoms. The Hall–Kier alpha value is -0.0800. The van der Waals surface area contributed by atoms with Gasteiger partial charge in [0.15, 0.2) is 0 Å². The zero-order chi connectivity index (χ0) is 11.8. The van der Waals surface area contributed by atoms with Gasteiger partial charge in [-0.3, -0.25) is 0 Å². The number of nitrogens with zero attached hydrogens (tertiary/aromatic N) is 1. The Morgan fingerprint density at radius 1 is 1.12 bits per heavy atom. The van der Waals surface area contributed by atoms with Crippen LogP contribution in [0, 0.1) is 11.8 Å². The summed E-state index contributed by atoms with van der Waals surface area (Å²) in [5.74, 6) is 1.94. The van der Waals surface area contributed by atoms with Gasteiger partial charge >= 0.3 is 0 Å². The Kier molecular flexibility index (Phi) is 7.06. The van der Waals surface area contributed by atoms with E-state index in [4.69, 9.17) is 0 Å². The first-order valence-electron chi connectivity index (χ1n) is 7.11. The quantitative estimate of drug-likeness (QED) is 0.672. The van der Waals surface area contributed by atoms with Gasteiger partial charge in [0.05, 0.1) is 0 Å². The Bertz CT molecular complexity index is 162. The van der Waals surface area contributed by atoms with Gasteiger partial charge in [0.25, 0.3) is 0 Å². The Labute approximate surface area is 102 Å². The second-order valence-electron chi connectivity index (χ2n) is 5.64. The van der Waals surface area contributed by atoms with Gasteiger partial charge in [-0.25, -0.2) is 0 Å². The molecule has 0 aromatic heterocycles. The fourth-order valence-electron chi connectivity index (χ4n) is 2.62. The van der Waals surface area contributed by atoms with Crippen molar-refractivity contribution in [2.45, 2.75) is 46.0 Å². The van der Waals surface area contributed by atoms with E-state index in [0.29, 0.717) is 0 Å². The first kappa shape index (κ1) is 14.0. The summed E-state index contributed by atoms with van der Waals surface area (Å²) < 4.78 is 0. The van der Waals surface area contributed by atoms with E-state index in [0.717, 1.165) is 24.9 Å². The third-order valence-corrected chi connectivity index (χ3v) is 3.80. The first-order valence-corrected chi connectivity index (χ1v) is 7.11. The number of hydrogen-bond donors (Lipinski definition) is 1.